The number of aliphatic hydroxyl groups is 1. The molecule has 1 atom stereocenters. The van der Waals surface area contributed by atoms with Crippen LogP contribution < -0.4 is 0 Å². The second-order valence-corrected chi connectivity index (χ2v) is 5.16. The van der Waals surface area contributed by atoms with Crippen LogP contribution in [0, 0.1) is 0 Å². The molecule has 0 spiro atoms. The van der Waals surface area contributed by atoms with E-state index < -0.39 is 6.10 Å². The molecule has 0 aromatic heterocycles. The molecular formula is C11H22N2O2. The number of rotatable bonds is 1. The Kier molecular flexibility index (Phi) is 3.73. The molecule has 1 unspecified atom stereocenters. The lowest BCUT2D eigenvalue weighted by Crippen LogP contribution is -2.55. The van der Waals surface area contributed by atoms with Crippen molar-refractivity contribution >= 4 is 5.91 Å². The molecule has 4 heteroatoms. The smallest absolute Gasteiger partial charge is 0.251 e. The van der Waals surface area contributed by atoms with Crippen LogP contribution in [-0.4, -0.2) is 58.6 Å². The molecule has 0 aromatic carbocycles. The first-order valence-corrected chi connectivity index (χ1v) is 5.54. The van der Waals surface area contributed by atoms with Crippen LogP contribution >= 0.6 is 0 Å². The summed E-state index contributed by atoms with van der Waals surface area (Å²) in [6.45, 7) is 11.3. The van der Waals surface area contributed by atoms with Gasteiger partial charge in [-0.2, -0.15) is 0 Å². The van der Waals surface area contributed by atoms with Gasteiger partial charge < -0.3 is 10.0 Å². The minimum Gasteiger partial charge on any atom is -0.384 e. The molecule has 0 bridgehead atoms. The number of hydrogen-bond acceptors (Lipinski definition) is 3. The average molecular weight is 214 g/mol. The van der Waals surface area contributed by atoms with Crippen LogP contribution in [0.25, 0.3) is 0 Å². The van der Waals surface area contributed by atoms with Crippen molar-refractivity contribution in [1.82, 2.24) is 9.80 Å². The van der Waals surface area contributed by atoms with Gasteiger partial charge in [-0.3, -0.25) is 9.69 Å². The maximum Gasteiger partial charge on any atom is 0.251 e. The van der Waals surface area contributed by atoms with Crippen LogP contribution in [-0.2, 0) is 4.79 Å². The van der Waals surface area contributed by atoms with E-state index in [4.69, 9.17) is 0 Å². The summed E-state index contributed by atoms with van der Waals surface area (Å²) in [6.07, 6.45) is -0.869. The van der Waals surface area contributed by atoms with Crippen LogP contribution in [0.15, 0.2) is 0 Å². The molecule has 1 aliphatic rings. The Balaban J connectivity index is 2.46. The highest BCUT2D eigenvalue weighted by Crippen LogP contribution is 2.15. The van der Waals surface area contributed by atoms with Crippen molar-refractivity contribution in [2.75, 3.05) is 26.2 Å². The topological polar surface area (TPSA) is 43.8 Å². The molecule has 1 aliphatic heterocycles. The minimum atomic E-state index is -0.869. The number of nitrogens with zero attached hydrogens (tertiary/aromatic N) is 2. The molecule has 1 fully saturated rings. The molecule has 15 heavy (non-hydrogen) atoms. The molecule has 0 saturated carbocycles. The van der Waals surface area contributed by atoms with Gasteiger partial charge in [0.05, 0.1) is 0 Å². The van der Waals surface area contributed by atoms with Crippen molar-refractivity contribution < 1.29 is 9.90 Å². The summed E-state index contributed by atoms with van der Waals surface area (Å²) in [5.41, 5.74) is 0.167. The molecule has 1 rings (SSSR count). The monoisotopic (exact) mass is 214 g/mol. The van der Waals surface area contributed by atoms with Crippen LogP contribution in [0.3, 0.4) is 0 Å². The Morgan fingerprint density at radius 2 is 1.67 bits per heavy atom. The highest BCUT2D eigenvalue weighted by molar-refractivity contribution is 5.80. The first-order valence-electron chi connectivity index (χ1n) is 5.54. The normalized spacial score (nSPS) is 21.5. The molecule has 1 heterocycles. The number of aliphatic hydroxyl groups excluding tert-OH is 1. The molecule has 88 valence electrons. The second-order valence-electron chi connectivity index (χ2n) is 5.16. The maximum absolute atomic E-state index is 11.5. The summed E-state index contributed by atoms with van der Waals surface area (Å²) in [6, 6.07) is 0. The van der Waals surface area contributed by atoms with Crippen LogP contribution in [0.1, 0.15) is 27.7 Å². The van der Waals surface area contributed by atoms with Crippen molar-refractivity contribution in [3.8, 4) is 0 Å². The van der Waals surface area contributed by atoms with E-state index in [0.717, 1.165) is 26.2 Å². The molecule has 1 N–H and O–H groups in total. The van der Waals surface area contributed by atoms with E-state index in [-0.39, 0.29) is 11.4 Å². The number of carbonyl (C=O) groups is 1. The van der Waals surface area contributed by atoms with Crippen molar-refractivity contribution in [1.29, 1.82) is 0 Å². The fourth-order valence-corrected chi connectivity index (χ4v) is 1.86. The van der Waals surface area contributed by atoms with Crippen LogP contribution in [0.2, 0.25) is 0 Å². The van der Waals surface area contributed by atoms with Gasteiger partial charge in [0.15, 0.2) is 0 Å². The first-order chi connectivity index (χ1) is 6.82. The van der Waals surface area contributed by atoms with E-state index in [9.17, 15) is 9.90 Å². The Morgan fingerprint density at radius 3 is 2.00 bits per heavy atom. The summed E-state index contributed by atoms with van der Waals surface area (Å²) in [7, 11) is 0. The predicted octanol–water partition coefficient (Wildman–Crippen LogP) is 0.310. The lowest BCUT2D eigenvalue weighted by atomic mass is 10.0. The molecule has 4 nitrogen and oxygen atoms in total. The quantitative estimate of drug-likeness (QED) is 0.683. The maximum atomic E-state index is 11.5. The van der Waals surface area contributed by atoms with Gasteiger partial charge >= 0.3 is 0 Å². The highest BCUT2D eigenvalue weighted by atomic mass is 16.3. The van der Waals surface area contributed by atoms with Gasteiger partial charge in [-0.15, -0.1) is 0 Å². The Hall–Kier alpha value is -0.610. The van der Waals surface area contributed by atoms with Gasteiger partial charge in [0, 0.05) is 31.7 Å². The number of piperazine rings is 1. The Bertz CT molecular complexity index is 225. The zero-order chi connectivity index (χ0) is 11.6. The predicted molar refractivity (Wildman–Crippen MR) is 59.6 cm³/mol. The number of carbonyl (C=O) groups excluding carboxylic acids is 1. The molecule has 0 aliphatic carbocycles. The van der Waals surface area contributed by atoms with Gasteiger partial charge in [-0.05, 0) is 27.7 Å². The first kappa shape index (κ1) is 12.5. The largest absolute Gasteiger partial charge is 0.384 e. The number of hydrogen-bond donors (Lipinski definition) is 1. The van der Waals surface area contributed by atoms with Crippen molar-refractivity contribution in [3.05, 3.63) is 0 Å². The van der Waals surface area contributed by atoms with E-state index >= 15 is 0 Å². The summed E-state index contributed by atoms with van der Waals surface area (Å²) >= 11 is 0. The highest BCUT2D eigenvalue weighted by Gasteiger charge is 2.28. The fourth-order valence-electron chi connectivity index (χ4n) is 1.86. The SMILES string of the molecule is CC(O)C(=O)N1CCN(C(C)(C)C)CC1. The van der Waals surface area contributed by atoms with Gasteiger partial charge in [-0.25, -0.2) is 0 Å². The minimum absolute atomic E-state index is 0.149. The third kappa shape index (κ3) is 3.18. The van der Waals surface area contributed by atoms with E-state index in [0.29, 0.717) is 0 Å². The summed E-state index contributed by atoms with van der Waals surface area (Å²) in [4.78, 5) is 15.6. The van der Waals surface area contributed by atoms with Crippen molar-refractivity contribution in [2.24, 2.45) is 0 Å². The molecule has 0 radical (unpaired) electrons. The lowest BCUT2D eigenvalue weighted by molar-refractivity contribution is -0.141. The van der Waals surface area contributed by atoms with E-state index in [2.05, 4.69) is 25.7 Å². The zero-order valence-corrected chi connectivity index (χ0v) is 10.2. The van der Waals surface area contributed by atoms with Gasteiger partial charge in [0.1, 0.15) is 6.10 Å². The van der Waals surface area contributed by atoms with Gasteiger partial charge in [0.2, 0.25) is 0 Å². The third-order valence-corrected chi connectivity index (χ3v) is 2.90. The fraction of sp³-hybridized carbons (Fsp3) is 0.909. The van der Waals surface area contributed by atoms with Crippen molar-refractivity contribution in [3.63, 3.8) is 0 Å². The molecule has 0 aromatic rings. The van der Waals surface area contributed by atoms with E-state index in [1.54, 1.807) is 4.90 Å². The Labute approximate surface area is 91.9 Å². The molecule has 1 saturated heterocycles. The third-order valence-electron chi connectivity index (χ3n) is 2.90. The second kappa shape index (κ2) is 4.49. The summed E-state index contributed by atoms with van der Waals surface area (Å²) in [5.74, 6) is -0.149. The standard InChI is InChI=1S/C11H22N2O2/c1-9(14)10(15)12-5-7-13(8-6-12)11(2,3)4/h9,14H,5-8H2,1-4H3. The van der Waals surface area contributed by atoms with E-state index in [1.165, 1.54) is 6.92 Å². The molecule has 1 amide bonds. The van der Waals surface area contributed by atoms with Gasteiger partial charge in [0.25, 0.3) is 5.91 Å². The van der Waals surface area contributed by atoms with Crippen LogP contribution in [0.4, 0.5) is 0 Å². The Morgan fingerprint density at radius 1 is 1.20 bits per heavy atom. The average Bonchev–Trinajstić information content (AvgIpc) is 2.15. The van der Waals surface area contributed by atoms with E-state index in [1.807, 2.05) is 0 Å². The molecular weight excluding hydrogens is 192 g/mol. The van der Waals surface area contributed by atoms with Crippen LogP contribution in [0.5, 0.6) is 0 Å². The lowest BCUT2D eigenvalue weighted by Gasteiger charge is -2.42. The van der Waals surface area contributed by atoms with Gasteiger partial charge in [-0.1, -0.05) is 0 Å². The van der Waals surface area contributed by atoms with Crippen molar-refractivity contribution in [2.45, 2.75) is 39.3 Å². The summed E-state index contributed by atoms with van der Waals surface area (Å²) < 4.78 is 0. The zero-order valence-electron chi connectivity index (χ0n) is 10.2. The summed E-state index contributed by atoms with van der Waals surface area (Å²) in [5, 5.41) is 9.19. The number of amides is 1.